The van der Waals surface area contributed by atoms with Gasteiger partial charge < -0.3 is 26.0 Å². The molecule has 0 spiro atoms. The molecule has 50 heavy (non-hydrogen) atoms. The minimum Gasteiger partial charge on any atom is -0.389 e. The first-order valence-electron chi connectivity index (χ1n) is 16.4. The number of nitrogens with zero attached hydrogens (tertiary/aromatic N) is 2. The molecule has 3 amide bonds. The van der Waals surface area contributed by atoms with Crippen LogP contribution in [-0.4, -0.2) is 80.7 Å². The van der Waals surface area contributed by atoms with Crippen LogP contribution >= 0.6 is 0 Å². The third kappa shape index (κ3) is 9.14. The highest BCUT2D eigenvalue weighted by Gasteiger charge is 2.38. The second kappa shape index (κ2) is 16.1. The van der Waals surface area contributed by atoms with Crippen LogP contribution in [0.1, 0.15) is 50.4 Å². The largest absolute Gasteiger partial charge is 0.389 e. The molecule has 1 aliphatic rings. The summed E-state index contributed by atoms with van der Waals surface area (Å²) in [6.45, 7) is 3.12. The fourth-order valence-electron chi connectivity index (χ4n) is 5.94. The third-order valence-corrected chi connectivity index (χ3v) is 10.1. The number of anilines is 1. The molecule has 4 aromatic rings. The van der Waals surface area contributed by atoms with Crippen molar-refractivity contribution in [1.29, 1.82) is 0 Å². The molecule has 0 aromatic heterocycles. The minimum absolute atomic E-state index is 0.00871. The van der Waals surface area contributed by atoms with Gasteiger partial charge in [0.05, 0.1) is 30.1 Å². The predicted octanol–water partition coefficient (Wildman–Crippen LogP) is 3.28. The van der Waals surface area contributed by atoms with Gasteiger partial charge in [-0.15, -0.1) is 0 Å². The Morgan fingerprint density at radius 2 is 1.42 bits per heavy atom. The van der Waals surface area contributed by atoms with Gasteiger partial charge in [-0.25, -0.2) is 8.42 Å². The lowest BCUT2D eigenvalue weighted by molar-refractivity contribution is -0.140. The van der Waals surface area contributed by atoms with Gasteiger partial charge in [0, 0.05) is 37.8 Å². The van der Waals surface area contributed by atoms with Crippen LogP contribution in [-0.2, 0) is 27.8 Å². The summed E-state index contributed by atoms with van der Waals surface area (Å²) in [5.41, 5.74) is 2.85. The van der Waals surface area contributed by atoms with Gasteiger partial charge in [-0.3, -0.25) is 18.7 Å². The van der Waals surface area contributed by atoms with Crippen LogP contribution in [0.4, 0.5) is 5.69 Å². The van der Waals surface area contributed by atoms with E-state index in [9.17, 15) is 27.9 Å². The molecule has 12 heteroatoms. The lowest BCUT2D eigenvalue weighted by Crippen LogP contribution is -2.63. The van der Waals surface area contributed by atoms with Crippen LogP contribution < -0.4 is 20.3 Å². The Balaban J connectivity index is 1.43. The molecular formula is C38H43N5O6S. The van der Waals surface area contributed by atoms with E-state index in [0.717, 1.165) is 27.3 Å². The molecule has 4 atom stereocenters. The topological polar surface area (TPSA) is 148 Å². The van der Waals surface area contributed by atoms with E-state index in [2.05, 4.69) is 16.0 Å². The number of carbonyl (C=O) groups excluding carboxylic acids is 3. The average molecular weight is 698 g/mol. The summed E-state index contributed by atoms with van der Waals surface area (Å²) in [5.74, 6) is -1.44. The first kappa shape index (κ1) is 36.2. The Labute approximate surface area is 293 Å². The Morgan fingerprint density at radius 1 is 0.880 bits per heavy atom. The maximum absolute atomic E-state index is 14.0. The second-order valence-electron chi connectivity index (χ2n) is 12.5. The number of piperazine rings is 1. The zero-order valence-electron chi connectivity index (χ0n) is 28.3. The van der Waals surface area contributed by atoms with Gasteiger partial charge in [-0.2, -0.15) is 0 Å². The van der Waals surface area contributed by atoms with Crippen LogP contribution in [0.15, 0.2) is 109 Å². The number of hydrogen-bond donors (Lipinski definition) is 4. The Bertz CT molecular complexity index is 1890. The molecule has 0 saturated carbocycles. The van der Waals surface area contributed by atoms with Crippen molar-refractivity contribution in [2.45, 2.75) is 44.1 Å². The van der Waals surface area contributed by atoms with Gasteiger partial charge in [0.2, 0.25) is 15.9 Å². The average Bonchev–Trinajstić information content (AvgIpc) is 3.12. The van der Waals surface area contributed by atoms with E-state index in [1.54, 1.807) is 4.90 Å². The van der Waals surface area contributed by atoms with E-state index in [1.165, 1.54) is 25.2 Å². The molecule has 4 aromatic carbocycles. The normalized spacial score (nSPS) is 16.6. The summed E-state index contributed by atoms with van der Waals surface area (Å²) in [4.78, 5) is 42.9. The Kier molecular flexibility index (Phi) is 11.7. The summed E-state index contributed by atoms with van der Waals surface area (Å²) < 4.78 is 26.0. The minimum atomic E-state index is -3.75. The molecule has 0 aliphatic carbocycles. The van der Waals surface area contributed by atoms with Crippen molar-refractivity contribution in [3.8, 4) is 0 Å². The molecule has 11 nitrogen and oxygen atoms in total. The predicted molar refractivity (Wildman–Crippen MR) is 193 cm³/mol. The van der Waals surface area contributed by atoms with Gasteiger partial charge in [0.15, 0.2) is 0 Å². The van der Waals surface area contributed by atoms with E-state index in [4.69, 9.17) is 0 Å². The van der Waals surface area contributed by atoms with E-state index < -0.39 is 40.0 Å². The lowest BCUT2D eigenvalue weighted by atomic mass is 9.94. The smallest absolute Gasteiger partial charge is 0.251 e. The van der Waals surface area contributed by atoms with E-state index in [-0.39, 0.29) is 35.2 Å². The molecule has 1 unspecified atom stereocenters. The van der Waals surface area contributed by atoms with Gasteiger partial charge in [0.25, 0.3) is 11.8 Å². The molecule has 1 aliphatic heterocycles. The molecule has 4 N–H and O–H groups in total. The highest BCUT2D eigenvalue weighted by Crippen LogP contribution is 2.23. The highest BCUT2D eigenvalue weighted by atomic mass is 32.2. The molecular weight excluding hydrogens is 655 g/mol. The van der Waals surface area contributed by atoms with Crippen LogP contribution in [0.3, 0.4) is 0 Å². The van der Waals surface area contributed by atoms with Crippen LogP contribution in [0.25, 0.3) is 0 Å². The molecule has 0 bridgehead atoms. The van der Waals surface area contributed by atoms with Crippen molar-refractivity contribution in [1.82, 2.24) is 20.9 Å². The second-order valence-corrected chi connectivity index (χ2v) is 14.6. The van der Waals surface area contributed by atoms with Crippen molar-refractivity contribution >= 4 is 33.4 Å². The van der Waals surface area contributed by atoms with Gasteiger partial charge >= 0.3 is 0 Å². The fourth-order valence-corrected chi connectivity index (χ4v) is 6.43. The van der Waals surface area contributed by atoms with Crippen molar-refractivity contribution in [3.05, 3.63) is 137 Å². The monoisotopic (exact) mass is 697 g/mol. The summed E-state index contributed by atoms with van der Waals surface area (Å²) in [7, 11) is -2.42. The first-order valence-corrected chi connectivity index (χ1v) is 18.3. The van der Waals surface area contributed by atoms with Gasteiger partial charge in [-0.05, 0) is 48.2 Å². The lowest BCUT2D eigenvalue weighted by Gasteiger charge is -2.38. The molecule has 262 valence electrons. The van der Waals surface area contributed by atoms with Gasteiger partial charge in [-0.1, -0.05) is 91.0 Å². The fraction of sp³-hybridized carbons (Fsp3) is 0.289. The van der Waals surface area contributed by atoms with E-state index >= 15 is 0 Å². The molecule has 5 rings (SSSR count). The summed E-state index contributed by atoms with van der Waals surface area (Å²) in [6, 6.07) is 30.1. The zero-order chi connectivity index (χ0) is 35.8. The molecule has 1 fully saturated rings. The third-order valence-electron chi connectivity index (χ3n) is 8.86. The number of aliphatic hydroxyl groups excluding tert-OH is 1. The summed E-state index contributed by atoms with van der Waals surface area (Å²) in [5, 5.41) is 20.7. The van der Waals surface area contributed by atoms with Crippen LogP contribution in [0, 0.1) is 0 Å². The van der Waals surface area contributed by atoms with E-state index in [0.29, 0.717) is 19.6 Å². The first-order chi connectivity index (χ1) is 23.9. The number of sulfonamides is 1. The highest BCUT2D eigenvalue weighted by molar-refractivity contribution is 7.92. The Morgan fingerprint density at radius 3 is 2.00 bits per heavy atom. The van der Waals surface area contributed by atoms with Crippen molar-refractivity contribution < 1.29 is 27.9 Å². The van der Waals surface area contributed by atoms with Gasteiger partial charge in [0.1, 0.15) is 6.04 Å². The van der Waals surface area contributed by atoms with Crippen molar-refractivity contribution in [2.75, 3.05) is 30.7 Å². The Hall–Kier alpha value is -5.04. The number of carbonyl (C=O) groups is 3. The summed E-state index contributed by atoms with van der Waals surface area (Å²) >= 11 is 0. The molecule has 0 radical (unpaired) electrons. The standard InChI is InChI=1S/C38H43N5O6S/c1-26(29-17-11-6-12-18-29)40-36(45)30-22-31(24-32(23-30)42(2)50(3,48)49)37(46)41-33(21-27-13-7-4-8-14-27)35(44)34-38(47)43(20-19-39-34)25-28-15-9-5-10-16-28/h4-18,22-24,26,33-35,39,44H,19-21,25H2,1-3H3,(H,40,45)(H,41,46)/t26-,33+,34?,35+/m1/s1. The number of benzene rings is 4. The van der Waals surface area contributed by atoms with Crippen LogP contribution in [0.2, 0.25) is 0 Å². The number of aliphatic hydroxyl groups is 1. The zero-order valence-corrected chi connectivity index (χ0v) is 29.1. The number of nitrogens with one attached hydrogen (secondary N) is 3. The maximum atomic E-state index is 14.0. The maximum Gasteiger partial charge on any atom is 0.251 e. The SMILES string of the molecule is C[C@@H](NC(=O)c1cc(C(=O)N[C@@H](Cc2ccccc2)[C@H](O)C2NCCN(Cc3ccccc3)C2=O)cc(N(C)S(C)(=O)=O)c1)c1ccccc1. The van der Waals surface area contributed by atoms with Crippen LogP contribution in [0.5, 0.6) is 0 Å². The number of hydrogen-bond acceptors (Lipinski definition) is 7. The number of amides is 3. The molecule has 1 heterocycles. The quantitative estimate of drug-likeness (QED) is 0.168. The van der Waals surface area contributed by atoms with Crippen molar-refractivity contribution in [3.63, 3.8) is 0 Å². The molecule has 1 saturated heterocycles. The van der Waals surface area contributed by atoms with Crippen molar-refractivity contribution in [2.24, 2.45) is 0 Å². The summed E-state index contributed by atoms with van der Waals surface area (Å²) in [6.07, 6.45) is -0.108. The van der Waals surface area contributed by atoms with E-state index in [1.807, 2.05) is 97.9 Å². The number of rotatable bonds is 13.